The summed E-state index contributed by atoms with van der Waals surface area (Å²) in [7, 11) is 0. The van der Waals surface area contributed by atoms with E-state index in [0.717, 1.165) is 10.2 Å². The van der Waals surface area contributed by atoms with E-state index in [4.69, 9.17) is 5.73 Å². The lowest BCUT2D eigenvalue weighted by Crippen LogP contribution is -2.42. The monoisotopic (exact) mass is 289 g/mol. The minimum atomic E-state index is -1.04. The summed E-state index contributed by atoms with van der Waals surface area (Å²) in [5.74, 6) is 0.0306. The van der Waals surface area contributed by atoms with Gasteiger partial charge in [-0.1, -0.05) is 13.8 Å². The first kappa shape index (κ1) is 13.7. The summed E-state index contributed by atoms with van der Waals surface area (Å²) in [5, 5.41) is 14.9. The maximum atomic E-state index is 10.7. The zero-order valence-corrected chi connectivity index (χ0v) is 11.8. The molecule has 0 amide bonds. The molecule has 3 N–H and O–H groups in total. The van der Waals surface area contributed by atoms with Crippen LogP contribution in [0.25, 0.3) is 0 Å². The van der Waals surface area contributed by atoms with Gasteiger partial charge in [-0.2, -0.15) is 5.10 Å². The van der Waals surface area contributed by atoms with Gasteiger partial charge in [0.15, 0.2) is 0 Å². The molecule has 16 heavy (non-hydrogen) atoms. The van der Waals surface area contributed by atoms with Crippen molar-refractivity contribution in [3.05, 3.63) is 16.4 Å². The van der Waals surface area contributed by atoms with E-state index in [1.165, 1.54) is 0 Å². The normalized spacial score (nSPS) is 15.8. The van der Waals surface area contributed by atoms with Gasteiger partial charge < -0.3 is 10.8 Å². The Balaban J connectivity index is 3.34. The van der Waals surface area contributed by atoms with Crippen LogP contribution in [0.15, 0.2) is 10.7 Å². The molecule has 92 valence electrons. The smallest absolute Gasteiger partial charge is 0.122 e. The summed E-state index contributed by atoms with van der Waals surface area (Å²) >= 11 is 3.43. The molecule has 1 unspecified atom stereocenters. The van der Waals surface area contributed by atoms with Gasteiger partial charge in [-0.25, -0.2) is 0 Å². The molecule has 0 saturated heterocycles. The molecule has 0 spiro atoms. The first-order chi connectivity index (χ1) is 7.34. The average Bonchev–Trinajstić information content (AvgIpc) is 2.59. The minimum Gasteiger partial charge on any atom is -0.382 e. The maximum Gasteiger partial charge on any atom is 0.122 e. The SMILES string of the molecule is CC(C)n1ncc(Br)c1C(O)(CN)C(C)C. The highest BCUT2D eigenvalue weighted by Crippen LogP contribution is 2.35. The van der Waals surface area contributed by atoms with Crippen molar-refractivity contribution in [1.82, 2.24) is 9.78 Å². The molecule has 0 aliphatic heterocycles. The maximum absolute atomic E-state index is 10.7. The van der Waals surface area contributed by atoms with E-state index in [1.807, 2.05) is 32.4 Å². The van der Waals surface area contributed by atoms with Crippen molar-refractivity contribution >= 4 is 15.9 Å². The third-order valence-corrected chi connectivity index (χ3v) is 3.50. The highest BCUT2D eigenvalue weighted by Gasteiger charge is 2.37. The molecule has 1 rings (SSSR count). The Morgan fingerprint density at radius 2 is 2.06 bits per heavy atom. The molecule has 4 nitrogen and oxygen atoms in total. The van der Waals surface area contributed by atoms with Gasteiger partial charge in [0, 0.05) is 12.6 Å². The van der Waals surface area contributed by atoms with Gasteiger partial charge in [-0.05, 0) is 35.7 Å². The van der Waals surface area contributed by atoms with E-state index < -0.39 is 5.60 Å². The van der Waals surface area contributed by atoms with Crippen molar-refractivity contribution in [2.75, 3.05) is 6.54 Å². The zero-order valence-electron chi connectivity index (χ0n) is 10.2. The molecule has 0 saturated carbocycles. The standard InChI is InChI=1S/C11H20BrN3O/c1-7(2)11(16,6-13)10-9(12)5-14-15(10)8(3)4/h5,7-8,16H,6,13H2,1-4H3. The van der Waals surface area contributed by atoms with Gasteiger partial charge in [0.05, 0.1) is 16.4 Å². The molecule has 1 atom stereocenters. The van der Waals surface area contributed by atoms with Crippen LogP contribution in [-0.2, 0) is 5.60 Å². The molecule has 1 aromatic rings. The summed E-state index contributed by atoms with van der Waals surface area (Å²) in [6.07, 6.45) is 1.71. The number of hydrogen-bond acceptors (Lipinski definition) is 3. The molecule has 0 fully saturated rings. The van der Waals surface area contributed by atoms with Crippen molar-refractivity contribution in [3.63, 3.8) is 0 Å². The van der Waals surface area contributed by atoms with E-state index in [1.54, 1.807) is 6.20 Å². The molecule has 0 aliphatic carbocycles. The van der Waals surface area contributed by atoms with Gasteiger partial charge in [0.25, 0.3) is 0 Å². The van der Waals surface area contributed by atoms with Crippen molar-refractivity contribution in [2.24, 2.45) is 11.7 Å². The molecular formula is C11H20BrN3O. The van der Waals surface area contributed by atoms with Crippen molar-refractivity contribution in [2.45, 2.75) is 39.3 Å². The topological polar surface area (TPSA) is 64.1 Å². The summed E-state index contributed by atoms with van der Waals surface area (Å²) in [5.41, 5.74) is 5.45. The van der Waals surface area contributed by atoms with Crippen LogP contribution in [0, 0.1) is 5.92 Å². The van der Waals surface area contributed by atoms with Gasteiger partial charge in [0.1, 0.15) is 5.60 Å². The zero-order chi connectivity index (χ0) is 12.5. The molecular weight excluding hydrogens is 270 g/mol. The van der Waals surface area contributed by atoms with E-state index >= 15 is 0 Å². The van der Waals surface area contributed by atoms with Crippen LogP contribution in [-0.4, -0.2) is 21.4 Å². The summed E-state index contributed by atoms with van der Waals surface area (Å²) in [6, 6.07) is 0.193. The number of aliphatic hydroxyl groups is 1. The lowest BCUT2D eigenvalue weighted by atomic mass is 9.87. The predicted octanol–water partition coefficient (Wildman–Crippen LogP) is 2.03. The molecule has 1 heterocycles. The summed E-state index contributed by atoms with van der Waals surface area (Å²) in [4.78, 5) is 0. The largest absolute Gasteiger partial charge is 0.382 e. The molecule has 5 heteroatoms. The van der Waals surface area contributed by atoms with E-state index in [-0.39, 0.29) is 18.5 Å². The molecule has 0 aliphatic rings. The Bertz CT molecular complexity index is 362. The third kappa shape index (κ3) is 2.17. The van der Waals surface area contributed by atoms with Crippen LogP contribution in [0.1, 0.15) is 39.4 Å². The number of hydrogen-bond donors (Lipinski definition) is 2. The fourth-order valence-corrected chi connectivity index (χ4v) is 2.36. The van der Waals surface area contributed by atoms with Gasteiger partial charge in [-0.15, -0.1) is 0 Å². The lowest BCUT2D eigenvalue weighted by molar-refractivity contribution is -0.0110. The molecule has 0 aromatic carbocycles. The molecule has 0 radical (unpaired) electrons. The number of rotatable bonds is 4. The predicted molar refractivity (Wildman–Crippen MR) is 68.1 cm³/mol. The van der Waals surface area contributed by atoms with Crippen LogP contribution in [0.2, 0.25) is 0 Å². The second-order valence-corrected chi connectivity index (χ2v) is 5.52. The van der Waals surface area contributed by atoms with E-state index in [0.29, 0.717) is 0 Å². The van der Waals surface area contributed by atoms with Gasteiger partial charge in [0.2, 0.25) is 0 Å². The second kappa shape index (κ2) is 4.85. The number of aromatic nitrogens is 2. The highest BCUT2D eigenvalue weighted by atomic mass is 79.9. The Hall–Kier alpha value is -0.390. The highest BCUT2D eigenvalue weighted by molar-refractivity contribution is 9.10. The summed E-state index contributed by atoms with van der Waals surface area (Å²) in [6.45, 7) is 8.15. The Morgan fingerprint density at radius 1 is 1.50 bits per heavy atom. The average molecular weight is 290 g/mol. The first-order valence-electron chi connectivity index (χ1n) is 5.50. The van der Waals surface area contributed by atoms with E-state index in [2.05, 4.69) is 21.0 Å². The lowest BCUT2D eigenvalue weighted by Gasteiger charge is -2.32. The van der Waals surface area contributed by atoms with Crippen LogP contribution in [0.4, 0.5) is 0 Å². The van der Waals surface area contributed by atoms with Crippen molar-refractivity contribution in [3.8, 4) is 0 Å². The Kier molecular flexibility index (Phi) is 4.15. The summed E-state index contributed by atoms with van der Waals surface area (Å²) < 4.78 is 2.62. The first-order valence-corrected chi connectivity index (χ1v) is 6.29. The van der Waals surface area contributed by atoms with Crippen LogP contribution < -0.4 is 5.73 Å². The van der Waals surface area contributed by atoms with Crippen molar-refractivity contribution < 1.29 is 5.11 Å². The Labute approximate surface area is 105 Å². The van der Waals surface area contributed by atoms with Gasteiger partial charge >= 0.3 is 0 Å². The minimum absolute atomic E-state index is 0.0306. The number of nitrogens with zero attached hydrogens (tertiary/aromatic N) is 2. The quantitative estimate of drug-likeness (QED) is 0.891. The van der Waals surface area contributed by atoms with Crippen LogP contribution >= 0.6 is 15.9 Å². The van der Waals surface area contributed by atoms with Crippen molar-refractivity contribution in [1.29, 1.82) is 0 Å². The number of halogens is 1. The fourth-order valence-electron chi connectivity index (χ4n) is 1.74. The van der Waals surface area contributed by atoms with E-state index in [9.17, 15) is 5.11 Å². The van der Waals surface area contributed by atoms with Gasteiger partial charge in [-0.3, -0.25) is 4.68 Å². The second-order valence-electron chi connectivity index (χ2n) is 4.66. The fraction of sp³-hybridized carbons (Fsp3) is 0.727. The van der Waals surface area contributed by atoms with Crippen LogP contribution in [0.5, 0.6) is 0 Å². The molecule has 0 bridgehead atoms. The molecule has 1 aromatic heterocycles. The van der Waals surface area contributed by atoms with Crippen LogP contribution in [0.3, 0.4) is 0 Å². The third-order valence-electron chi connectivity index (χ3n) is 2.92. The number of nitrogens with two attached hydrogens (primary N) is 1. The Morgan fingerprint density at radius 3 is 2.44 bits per heavy atom.